The Morgan fingerprint density at radius 3 is 2.38 bits per heavy atom. The normalized spacial score (nSPS) is 14.9. The SMILES string of the molecule is NC(=O)Cc1nc(C(F)(F)F)n2c1CN(C(=O)CC(N)Cc1cc(F)c(F)cc1F)CC2. The summed E-state index contributed by atoms with van der Waals surface area (Å²) in [5, 5.41) is 0. The van der Waals surface area contributed by atoms with Gasteiger partial charge in [0.2, 0.25) is 17.6 Å². The van der Waals surface area contributed by atoms with Crippen LogP contribution in [0.2, 0.25) is 0 Å². The molecule has 0 aliphatic carbocycles. The average molecular weight is 463 g/mol. The van der Waals surface area contributed by atoms with Gasteiger partial charge in [-0.2, -0.15) is 13.2 Å². The van der Waals surface area contributed by atoms with Crippen LogP contribution >= 0.6 is 0 Å². The highest BCUT2D eigenvalue weighted by atomic mass is 19.4. The van der Waals surface area contributed by atoms with Crippen molar-refractivity contribution in [3.05, 3.63) is 52.4 Å². The molecule has 1 atom stereocenters. The number of primary amides is 1. The topological polar surface area (TPSA) is 107 Å². The first-order valence-electron chi connectivity index (χ1n) is 9.47. The molecule has 1 aliphatic heterocycles. The van der Waals surface area contributed by atoms with Crippen LogP contribution in [-0.2, 0) is 41.7 Å². The van der Waals surface area contributed by atoms with Crippen molar-refractivity contribution in [2.45, 2.75) is 44.6 Å². The average Bonchev–Trinajstić information content (AvgIpc) is 3.03. The van der Waals surface area contributed by atoms with E-state index in [9.17, 15) is 35.9 Å². The van der Waals surface area contributed by atoms with Gasteiger partial charge in [0.25, 0.3) is 0 Å². The summed E-state index contributed by atoms with van der Waals surface area (Å²) >= 11 is 0. The number of amides is 2. The number of rotatable bonds is 6. The van der Waals surface area contributed by atoms with E-state index in [1.165, 1.54) is 4.90 Å². The molecule has 174 valence electrons. The van der Waals surface area contributed by atoms with Crippen LogP contribution in [0.5, 0.6) is 0 Å². The lowest BCUT2D eigenvalue weighted by Gasteiger charge is -2.30. The standard InChI is InChI=1S/C19H19F6N5O2/c20-11-6-13(22)12(21)4-9(11)3-10(26)5-17(32)29-1-2-30-15(8-29)14(7-16(27)31)28-18(30)19(23,24)25/h4,6,10H,1-3,5,7-8,26H2,(H2,27,31). The van der Waals surface area contributed by atoms with Crippen molar-refractivity contribution < 1.29 is 35.9 Å². The quantitative estimate of drug-likeness (QED) is 0.502. The van der Waals surface area contributed by atoms with Gasteiger partial charge in [-0.3, -0.25) is 9.59 Å². The molecular formula is C19H19F6N5O2. The molecule has 13 heteroatoms. The molecule has 32 heavy (non-hydrogen) atoms. The fourth-order valence-corrected chi connectivity index (χ4v) is 3.60. The molecule has 7 nitrogen and oxygen atoms in total. The molecule has 0 spiro atoms. The zero-order valence-corrected chi connectivity index (χ0v) is 16.6. The third kappa shape index (κ3) is 5.03. The summed E-state index contributed by atoms with van der Waals surface area (Å²) < 4.78 is 80.9. The maximum Gasteiger partial charge on any atom is 0.449 e. The largest absolute Gasteiger partial charge is 0.449 e. The van der Waals surface area contributed by atoms with Gasteiger partial charge < -0.3 is 20.9 Å². The number of alkyl halides is 3. The van der Waals surface area contributed by atoms with Crippen LogP contribution in [0.15, 0.2) is 12.1 Å². The van der Waals surface area contributed by atoms with Gasteiger partial charge in [0.05, 0.1) is 24.4 Å². The Hall–Kier alpha value is -3.09. The highest BCUT2D eigenvalue weighted by Crippen LogP contribution is 2.32. The highest BCUT2D eigenvalue weighted by Gasteiger charge is 2.40. The molecular weight excluding hydrogens is 444 g/mol. The molecule has 1 unspecified atom stereocenters. The van der Waals surface area contributed by atoms with Crippen LogP contribution < -0.4 is 11.5 Å². The Morgan fingerprint density at radius 1 is 1.09 bits per heavy atom. The third-order valence-electron chi connectivity index (χ3n) is 5.05. The maximum atomic E-state index is 13.8. The minimum atomic E-state index is -4.76. The zero-order chi connectivity index (χ0) is 23.8. The van der Waals surface area contributed by atoms with Gasteiger partial charge in [0.1, 0.15) is 5.82 Å². The lowest BCUT2D eigenvalue weighted by atomic mass is 10.0. The number of hydrogen-bond acceptors (Lipinski definition) is 4. The van der Waals surface area contributed by atoms with E-state index in [-0.39, 0.29) is 49.4 Å². The number of carbonyl (C=O) groups is 2. The Kier molecular flexibility index (Phi) is 6.49. The summed E-state index contributed by atoms with van der Waals surface area (Å²) in [6, 6.07) is 0.0803. The van der Waals surface area contributed by atoms with E-state index in [1.807, 2.05) is 0 Å². The Balaban J connectivity index is 1.73. The Bertz CT molecular complexity index is 1050. The summed E-state index contributed by atoms with van der Waals surface area (Å²) in [6.45, 7) is -0.543. The third-order valence-corrected chi connectivity index (χ3v) is 5.05. The van der Waals surface area contributed by atoms with Gasteiger partial charge in [0, 0.05) is 31.6 Å². The van der Waals surface area contributed by atoms with Gasteiger partial charge >= 0.3 is 6.18 Å². The molecule has 0 fully saturated rings. The second kappa shape index (κ2) is 8.81. The monoisotopic (exact) mass is 463 g/mol. The first-order chi connectivity index (χ1) is 14.9. The van der Waals surface area contributed by atoms with Crippen molar-refractivity contribution in [1.29, 1.82) is 0 Å². The van der Waals surface area contributed by atoms with Crippen molar-refractivity contribution in [3.8, 4) is 0 Å². The van der Waals surface area contributed by atoms with E-state index in [0.29, 0.717) is 12.1 Å². The van der Waals surface area contributed by atoms with Crippen LogP contribution in [0.25, 0.3) is 0 Å². The Morgan fingerprint density at radius 2 is 1.75 bits per heavy atom. The van der Waals surface area contributed by atoms with E-state index >= 15 is 0 Å². The number of carbonyl (C=O) groups excluding carboxylic acids is 2. The van der Waals surface area contributed by atoms with Gasteiger partial charge in [0.15, 0.2) is 11.6 Å². The maximum absolute atomic E-state index is 13.8. The van der Waals surface area contributed by atoms with Crippen LogP contribution in [0.1, 0.15) is 29.2 Å². The van der Waals surface area contributed by atoms with Gasteiger partial charge in [-0.15, -0.1) is 0 Å². The molecule has 1 aromatic heterocycles. The molecule has 0 radical (unpaired) electrons. The molecule has 0 saturated heterocycles. The van der Waals surface area contributed by atoms with E-state index in [4.69, 9.17) is 11.5 Å². The first-order valence-corrected chi connectivity index (χ1v) is 9.47. The molecule has 0 bridgehead atoms. The van der Waals surface area contributed by atoms with Crippen molar-refractivity contribution in [3.63, 3.8) is 0 Å². The van der Waals surface area contributed by atoms with E-state index in [2.05, 4.69) is 4.98 Å². The van der Waals surface area contributed by atoms with Gasteiger partial charge in [-0.1, -0.05) is 0 Å². The molecule has 2 aromatic rings. The van der Waals surface area contributed by atoms with Crippen LogP contribution in [0.4, 0.5) is 26.3 Å². The number of aromatic nitrogens is 2. The van der Waals surface area contributed by atoms with E-state index in [0.717, 1.165) is 4.57 Å². The molecule has 2 amide bonds. The number of hydrogen-bond donors (Lipinski definition) is 2. The number of halogens is 6. The minimum Gasteiger partial charge on any atom is -0.369 e. The lowest BCUT2D eigenvalue weighted by Crippen LogP contribution is -2.42. The predicted molar refractivity (Wildman–Crippen MR) is 98.2 cm³/mol. The van der Waals surface area contributed by atoms with E-state index < -0.39 is 53.7 Å². The van der Waals surface area contributed by atoms with Crippen LogP contribution in [-0.4, -0.2) is 38.9 Å². The predicted octanol–water partition coefficient (Wildman–Crippen LogP) is 1.65. The zero-order valence-electron chi connectivity index (χ0n) is 16.6. The fraction of sp³-hybridized carbons (Fsp3) is 0.421. The van der Waals surface area contributed by atoms with Gasteiger partial charge in [-0.25, -0.2) is 18.2 Å². The van der Waals surface area contributed by atoms with Gasteiger partial charge in [-0.05, 0) is 18.1 Å². The summed E-state index contributed by atoms with van der Waals surface area (Å²) in [7, 11) is 0. The fourth-order valence-electron chi connectivity index (χ4n) is 3.60. The van der Waals surface area contributed by atoms with Crippen molar-refractivity contribution in [1.82, 2.24) is 14.5 Å². The molecule has 1 aliphatic rings. The molecule has 4 N–H and O–H groups in total. The first kappa shape index (κ1) is 23.6. The van der Waals surface area contributed by atoms with Crippen LogP contribution in [0, 0.1) is 17.5 Å². The summed E-state index contributed by atoms with van der Waals surface area (Å²) in [6.07, 6.45) is -5.86. The Labute approximate surface area is 178 Å². The lowest BCUT2D eigenvalue weighted by molar-refractivity contribution is -0.148. The highest BCUT2D eigenvalue weighted by molar-refractivity contribution is 5.78. The molecule has 3 rings (SSSR count). The van der Waals surface area contributed by atoms with Crippen molar-refractivity contribution in [2.75, 3.05) is 6.54 Å². The summed E-state index contributed by atoms with van der Waals surface area (Å²) in [5.74, 6) is -6.21. The second-order valence-corrected chi connectivity index (χ2v) is 7.46. The molecule has 2 heterocycles. The van der Waals surface area contributed by atoms with E-state index in [1.54, 1.807) is 0 Å². The van der Waals surface area contributed by atoms with Crippen molar-refractivity contribution in [2.24, 2.45) is 11.5 Å². The summed E-state index contributed by atoms with van der Waals surface area (Å²) in [4.78, 5) is 28.6. The minimum absolute atomic E-state index is 0.0379. The summed E-state index contributed by atoms with van der Waals surface area (Å²) in [5.41, 5.74) is 10.6. The molecule has 1 aromatic carbocycles. The number of benzene rings is 1. The molecule has 0 saturated carbocycles. The second-order valence-electron chi connectivity index (χ2n) is 7.46. The number of imidazole rings is 1. The van der Waals surface area contributed by atoms with Crippen LogP contribution in [0.3, 0.4) is 0 Å². The van der Waals surface area contributed by atoms with Crippen molar-refractivity contribution >= 4 is 11.8 Å². The number of nitrogens with two attached hydrogens (primary N) is 2. The number of nitrogens with zero attached hydrogens (tertiary/aromatic N) is 3. The number of fused-ring (bicyclic) bond motifs is 1. The smallest absolute Gasteiger partial charge is 0.369 e.